The summed E-state index contributed by atoms with van der Waals surface area (Å²) in [4.78, 5) is 24.8. The minimum Gasteiger partial charge on any atom is -0.272 e. The third-order valence-electron chi connectivity index (χ3n) is 4.10. The van der Waals surface area contributed by atoms with E-state index in [0.717, 1.165) is 25.7 Å². The second-order valence-electron chi connectivity index (χ2n) is 4.76. The van der Waals surface area contributed by atoms with E-state index < -0.39 is 0 Å². The largest absolute Gasteiger partial charge is 0.272 e. The van der Waals surface area contributed by atoms with E-state index in [2.05, 4.69) is 13.8 Å². The Morgan fingerprint density at radius 3 is 2.25 bits per heavy atom. The number of carbonyl (C=O) groups excluding carboxylic acids is 2. The van der Waals surface area contributed by atoms with Crippen molar-refractivity contribution in [2.75, 3.05) is 0 Å². The molecule has 16 heavy (non-hydrogen) atoms. The molecule has 1 heterocycles. The Balaban J connectivity index is 2.16. The number of nitrogens with zero attached hydrogens (tertiary/aromatic N) is 1. The Morgan fingerprint density at radius 1 is 1.12 bits per heavy atom. The minimum absolute atomic E-state index is 0.120. The maximum atomic E-state index is 11.6. The second-order valence-corrected chi connectivity index (χ2v) is 4.76. The van der Waals surface area contributed by atoms with Crippen LogP contribution in [-0.4, -0.2) is 22.8 Å². The molecule has 2 rings (SSSR count). The first-order valence-corrected chi connectivity index (χ1v) is 6.24. The minimum atomic E-state index is -0.120. The average molecular weight is 221 g/mol. The van der Waals surface area contributed by atoms with Crippen LogP contribution in [0.2, 0.25) is 0 Å². The lowest BCUT2D eigenvalue weighted by Gasteiger charge is -2.29. The molecule has 0 spiro atoms. The van der Waals surface area contributed by atoms with E-state index >= 15 is 0 Å². The van der Waals surface area contributed by atoms with E-state index in [1.165, 1.54) is 17.1 Å². The van der Waals surface area contributed by atoms with Crippen LogP contribution in [0.15, 0.2) is 12.2 Å². The van der Waals surface area contributed by atoms with Crippen LogP contribution in [0.3, 0.4) is 0 Å². The maximum absolute atomic E-state index is 11.6. The van der Waals surface area contributed by atoms with Crippen LogP contribution in [0.4, 0.5) is 0 Å². The predicted octanol–water partition coefficient (Wildman–Crippen LogP) is 2.13. The highest BCUT2D eigenvalue weighted by Gasteiger charge is 2.42. The number of imide groups is 1. The molecule has 1 saturated carbocycles. The lowest BCUT2D eigenvalue weighted by atomic mass is 9.89. The van der Waals surface area contributed by atoms with Crippen LogP contribution in [0, 0.1) is 11.8 Å². The van der Waals surface area contributed by atoms with Crippen molar-refractivity contribution in [1.82, 2.24) is 4.90 Å². The van der Waals surface area contributed by atoms with Gasteiger partial charge >= 0.3 is 0 Å². The zero-order valence-electron chi connectivity index (χ0n) is 9.98. The molecule has 1 fully saturated rings. The highest BCUT2D eigenvalue weighted by Crippen LogP contribution is 2.40. The fraction of sp³-hybridized carbons (Fsp3) is 0.692. The molecule has 0 N–H and O–H groups in total. The van der Waals surface area contributed by atoms with Crippen molar-refractivity contribution in [3.63, 3.8) is 0 Å². The lowest BCUT2D eigenvalue weighted by Crippen LogP contribution is -2.42. The van der Waals surface area contributed by atoms with Crippen molar-refractivity contribution in [2.24, 2.45) is 11.8 Å². The third kappa shape index (κ3) is 1.68. The molecule has 0 aromatic heterocycles. The van der Waals surface area contributed by atoms with E-state index in [4.69, 9.17) is 0 Å². The lowest BCUT2D eigenvalue weighted by molar-refractivity contribution is -0.140. The molecule has 0 radical (unpaired) electrons. The number of amides is 2. The molecule has 1 aliphatic heterocycles. The normalized spacial score (nSPS) is 34.1. The molecule has 2 aliphatic rings. The molecule has 0 aromatic rings. The zero-order chi connectivity index (χ0) is 11.7. The summed E-state index contributed by atoms with van der Waals surface area (Å²) in [6, 6.07) is 0.143. The first-order valence-electron chi connectivity index (χ1n) is 6.24. The van der Waals surface area contributed by atoms with Gasteiger partial charge in [0.2, 0.25) is 0 Å². The zero-order valence-corrected chi connectivity index (χ0v) is 9.98. The monoisotopic (exact) mass is 221 g/mol. The summed E-state index contributed by atoms with van der Waals surface area (Å²) < 4.78 is 0. The van der Waals surface area contributed by atoms with E-state index in [1.54, 1.807) is 0 Å². The molecular weight excluding hydrogens is 202 g/mol. The van der Waals surface area contributed by atoms with Crippen molar-refractivity contribution in [3.05, 3.63) is 12.2 Å². The summed E-state index contributed by atoms with van der Waals surface area (Å²) in [5.41, 5.74) is 0. The van der Waals surface area contributed by atoms with Crippen molar-refractivity contribution < 1.29 is 9.59 Å². The van der Waals surface area contributed by atoms with E-state index in [0.29, 0.717) is 11.8 Å². The molecule has 0 saturated heterocycles. The van der Waals surface area contributed by atoms with Crippen LogP contribution in [-0.2, 0) is 9.59 Å². The highest BCUT2D eigenvalue weighted by atomic mass is 16.2. The molecule has 2 amide bonds. The smallest absolute Gasteiger partial charge is 0.253 e. The van der Waals surface area contributed by atoms with E-state index in [1.807, 2.05) is 0 Å². The van der Waals surface area contributed by atoms with Gasteiger partial charge in [-0.15, -0.1) is 0 Å². The quantitative estimate of drug-likeness (QED) is 0.685. The molecule has 0 aromatic carbocycles. The van der Waals surface area contributed by atoms with Gasteiger partial charge in [-0.05, 0) is 24.7 Å². The topological polar surface area (TPSA) is 37.4 Å². The first-order chi connectivity index (χ1) is 7.69. The number of rotatable bonds is 3. The molecule has 3 nitrogen and oxygen atoms in total. The average Bonchev–Trinajstić information content (AvgIpc) is 2.82. The Bertz CT molecular complexity index is 317. The van der Waals surface area contributed by atoms with Gasteiger partial charge in [0, 0.05) is 18.2 Å². The van der Waals surface area contributed by atoms with Crippen LogP contribution >= 0.6 is 0 Å². The summed E-state index contributed by atoms with van der Waals surface area (Å²) in [7, 11) is 0. The predicted molar refractivity (Wildman–Crippen MR) is 61.6 cm³/mol. The highest BCUT2D eigenvalue weighted by molar-refractivity contribution is 6.13. The molecule has 88 valence electrons. The van der Waals surface area contributed by atoms with Crippen LogP contribution in [0.25, 0.3) is 0 Å². The number of hydrogen-bond donors (Lipinski definition) is 0. The van der Waals surface area contributed by atoms with Gasteiger partial charge in [-0.2, -0.15) is 0 Å². The Morgan fingerprint density at radius 2 is 1.75 bits per heavy atom. The Hall–Kier alpha value is -1.12. The van der Waals surface area contributed by atoms with Crippen molar-refractivity contribution in [1.29, 1.82) is 0 Å². The maximum Gasteiger partial charge on any atom is 0.253 e. The van der Waals surface area contributed by atoms with E-state index in [-0.39, 0.29) is 17.9 Å². The van der Waals surface area contributed by atoms with Gasteiger partial charge in [-0.3, -0.25) is 14.5 Å². The summed E-state index contributed by atoms with van der Waals surface area (Å²) in [5, 5.41) is 0. The summed E-state index contributed by atoms with van der Waals surface area (Å²) in [6.45, 7) is 4.35. The fourth-order valence-corrected chi connectivity index (χ4v) is 3.30. The SMILES string of the molecule is CC[C@H]1CC[C@H](N2C(=O)C=CC2=O)[C@H]1CC. The molecule has 1 aliphatic carbocycles. The summed E-state index contributed by atoms with van der Waals surface area (Å²) in [5.74, 6) is 0.935. The summed E-state index contributed by atoms with van der Waals surface area (Å²) >= 11 is 0. The molecular formula is C13H19NO2. The Labute approximate surface area is 96.5 Å². The first kappa shape index (κ1) is 11.4. The number of carbonyl (C=O) groups is 2. The van der Waals surface area contributed by atoms with E-state index in [9.17, 15) is 9.59 Å². The van der Waals surface area contributed by atoms with Gasteiger partial charge in [0.05, 0.1) is 0 Å². The van der Waals surface area contributed by atoms with Gasteiger partial charge in [0.1, 0.15) is 0 Å². The number of hydrogen-bond acceptors (Lipinski definition) is 2. The van der Waals surface area contributed by atoms with Crippen LogP contribution < -0.4 is 0 Å². The molecule has 3 heteroatoms. The molecule has 0 unspecified atom stereocenters. The third-order valence-corrected chi connectivity index (χ3v) is 4.10. The van der Waals surface area contributed by atoms with Gasteiger partial charge in [0.25, 0.3) is 11.8 Å². The van der Waals surface area contributed by atoms with Gasteiger partial charge < -0.3 is 0 Å². The van der Waals surface area contributed by atoms with Gasteiger partial charge in [0.15, 0.2) is 0 Å². The molecule has 0 bridgehead atoms. The van der Waals surface area contributed by atoms with Crippen LogP contribution in [0.1, 0.15) is 39.5 Å². The van der Waals surface area contributed by atoms with Crippen molar-refractivity contribution >= 4 is 11.8 Å². The Kier molecular flexibility index (Phi) is 3.13. The van der Waals surface area contributed by atoms with Gasteiger partial charge in [-0.25, -0.2) is 0 Å². The van der Waals surface area contributed by atoms with Crippen molar-refractivity contribution in [2.45, 2.75) is 45.6 Å². The van der Waals surface area contributed by atoms with Gasteiger partial charge in [-0.1, -0.05) is 26.7 Å². The molecule has 3 atom stereocenters. The second kappa shape index (κ2) is 4.40. The van der Waals surface area contributed by atoms with Crippen LogP contribution in [0.5, 0.6) is 0 Å². The van der Waals surface area contributed by atoms with Crippen molar-refractivity contribution in [3.8, 4) is 0 Å². The fourth-order valence-electron chi connectivity index (χ4n) is 3.30. The summed E-state index contributed by atoms with van der Waals surface area (Å²) in [6.07, 6.45) is 7.13. The standard InChI is InChI=1S/C13H19NO2/c1-3-9-5-6-11(10(9)4-2)14-12(15)7-8-13(14)16/h7-11H,3-6H2,1-2H3/t9-,10-,11-/m0/s1.